The molecule has 1 N–H and O–H groups in total. The molecule has 0 unspecified atom stereocenters. The van der Waals surface area contributed by atoms with Crippen molar-refractivity contribution in [3.8, 4) is 0 Å². The van der Waals surface area contributed by atoms with Crippen LogP contribution in [0.3, 0.4) is 0 Å². The number of nitrogens with one attached hydrogen (secondary N) is 1. The molecule has 0 atom stereocenters. The van der Waals surface area contributed by atoms with Gasteiger partial charge in [-0.05, 0) is 65.8 Å². The van der Waals surface area contributed by atoms with Crippen molar-refractivity contribution in [2.45, 2.75) is 26.7 Å². The van der Waals surface area contributed by atoms with Gasteiger partial charge in [0, 0.05) is 5.56 Å². The number of aryl methyl sites for hydroxylation is 4. The Hall–Kier alpha value is -3.19. The highest BCUT2D eigenvalue weighted by molar-refractivity contribution is 7.92. The van der Waals surface area contributed by atoms with Crippen molar-refractivity contribution < 1.29 is 13.2 Å². The van der Waals surface area contributed by atoms with Gasteiger partial charge >= 0.3 is 0 Å². The smallest absolute Gasteiger partial charge is 0.260 e. The van der Waals surface area contributed by atoms with Crippen molar-refractivity contribution in [3.05, 3.63) is 76.3 Å². The van der Waals surface area contributed by atoms with Crippen molar-refractivity contribution in [3.63, 3.8) is 0 Å². The van der Waals surface area contributed by atoms with Gasteiger partial charge in [0.15, 0.2) is 0 Å². The van der Waals surface area contributed by atoms with Gasteiger partial charge in [-0.2, -0.15) is 5.10 Å². The van der Waals surface area contributed by atoms with Crippen LogP contribution in [0, 0.1) is 13.8 Å². The van der Waals surface area contributed by atoms with Crippen LogP contribution in [-0.4, -0.2) is 33.3 Å². The third-order valence-corrected chi connectivity index (χ3v) is 6.75. The molecule has 7 heteroatoms. The Morgan fingerprint density at radius 3 is 2.58 bits per heavy atom. The summed E-state index contributed by atoms with van der Waals surface area (Å²) in [5.74, 6) is -0.506. The average Bonchev–Trinajstić information content (AvgIpc) is 3.14. The lowest BCUT2D eigenvalue weighted by Gasteiger charge is -2.23. The van der Waals surface area contributed by atoms with Crippen LogP contribution in [0.25, 0.3) is 10.8 Å². The zero-order chi connectivity index (χ0) is 22.2. The average molecular weight is 436 g/mol. The van der Waals surface area contributed by atoms with Crippen LogP contribution in [0.15, 0.2) is 53.6 Å². The summed E-state index contributed by atoms with van der Waals surface area (Å²) >= 11 is 0. The van der Waals surface area contributed by atoms with Crippen molar-refractivity contribution in [1.29, 1.82) is 0 Å². The molecule has 3 aromatic rings. The number of hydrogen-bond donors (Lipinski definition) is 1. The minimum absolute atomic E-state index is 0.343. The number of benzene rings is 3. The van der Waals surface area contributed by atoms with Crippen molar-refractivity contribution in [2.75, 3.05) is 17.1 Å². The fraction of sp³-hybridized carbons (Fsp3) is 0.250. The van der Waals surface area contributed by atoms with E-state index >= 15 is 0 Å². The van der Waals surface area contributed by atoms with Crippen LogP contribution >= 0.6 is 0 Å². The third-order valence-electron chi connectivity index (χ3n) is 5.62. The molecule has 0 fully saturated rings. The summed E-state index contributed by atoms with van der Waals surface area (Å²) in [5.41, 5.74) is 8.25. The minimum Gasteiger partial charge on any atom is -0.271 e. The Morgan fingerprint density at radius 2 is 1.84 bits per heavy atom. The quantitative estimate of drug-likeness (QED) is 0.476. The number of carbonyl (C=O) groups is 1. The lowest BCUT2D eigenvalue weighted by atomic mass is 10.0. The van der Waals surface area contributed by atoms with Gasteiger partial charge in [0.2, 0.25) is 10.0 Å². The number of rotatable bonds is 6. The molecule has 1 aliphatic carbocycles. The van der Waals surface area contributed by atoms with E-state index in [2.05, 4.69) is 28.7 Å². The fourth-order valence-electron chi connectivity index (χ4n) is 4.09. The predicted molar refractivity (Wildman–Crippen MR) is 125 cm³/mol. The van der Waals surface area contributed by atoms with E-state index in [1.165, 1.54) is 16.5 Å². The van der Waals surface area contributed by atoms with Gasteiger partial charge in [0.25, 0.3) is 5.91 Å². The second-order valence-corrected chi connectivity index (χ2v) is 9.91. The molecule has 0 bridgehead atoms. The predicted octanol–water partition coefficient (Wildman–Crippen LogP) is 3.47. The first-order valence-electron chi connectivity index (χ1n) is 10.1. The zero-order valence-corrected chi connectivity index (χ0v) is 18.7. The molecule has 4 rings (SSSR count). The highest BCUT2D eigenvalue weighted by Gasteiger charge is 2.22. The molecule has 31 heavy (non-hydrogen) atoms. The molecule has 1 amide bonds. The third kappa shape index (κ3) is 4.32. The van der Waals surface area contributed by atoms with E-state index in [0.717, 1.165) is 45.5 Å². The summed E-state index contributed by atoms with van der Waals surface area (Å²) in [5, 5.41) is 6.48. The number of amides is 1. The van der Waals surface area contributed by atoms with Gasteiger partial charge in [-0.1, -0.05) is 42.5 Å². The lowest BCUT2D eigenvalue weighted by molar-refractivity contribution is -0.119. The maximum Gasteiger partial charge on any atom is 0.260 e. The van der Waals surface area contributed by atoms with Gasteiger partial charge in [-0.15, -0.1) is 0 Å². The van der Waals surface area contributed by atoms with Crippen LogP contribution in [0.5, 0.6) is 0 Å². The minimum atomic E-state index is -3.64. The van der Waals surface area contributed by atoms with E-state index in [9.17, 15) is 13.2 Å². The Kier molecular flexibility index (Phi) is 5.54. The van der Waals surface area contributed by atoms with Gasteiger partial charge < -0.3 is 0 Å². The molecule has 0 saturated carbocycles. The fourth-order valence-corrected chi connectivity index (χ4v) is 5.00. The number of hydrogen-bond acceptors (Lipinski definition) is 4. The summed E-state index contributed by atoms with van der Waals surface area (Å²) in [6, 6.07) is 15.9. The molecule has 160 valence electrons. The van der Waals surface area contributed by atoms with Gasteiger partial charge in [-0.25, -0.2) is 13.8 Å². The number of nitrogens with zero attached hydrogens (tertiary/aromatic N) is 2. The highest BCUT2D eigenvalue weighted by atomic mass is 32.2. The van der Waals surface area contributed by atoms with Crippen LogP contribution in [-0.2, 0) is 27.7 Å². The second kappa shape index (κ2) is 8.15. The van der Waals surface area contributed by atoms with Crippen LogP contribution in [0.4, 0.5) is 5.69 Å². The highest BCUT2D eigenvalue weighted by Crippen LogP contribution is 2.32. The lowest BCUT2D eigenvalue weighted by Crippen LogP contribution is -2.39. The molecule has 3 aromatic carbocycles. The summed E-state index contributed by atoms with van der Waals surface area (Å²) in [4.78, 5) is 12.5. The summed E-state index contributed by atoms with van der Waals surface area (Å²) in [6.45, 7) is 3.36. The first kappa shape index (κ1) is 21.1. The maximum atomic E-state index is 12.5. The molecule has 6 nitrogen and oxygen atoms in total. The molecule has 0 aliphatic heterocycles. The molecule has 0 aromatic heterocycles. The van der Waals surface area contributed by atoms with Gasteiger partial charge in [0.05, 0.1) is 18.2 Å². The molecular weight excluding hydrogens is 410 g/mol. The standard InChI is InChI=1S/C24H25N3O3S/c1-16-7-8-17(2)22(13-16)27(31(3,29)30)15-23(28)26-25-14-20-12-11-19-10-9-18-5-4-6-21(20)24(18)19/h4-8,11-14H,9-10,15H2,1-3H3,(H,26,28)/b25-14-. The second-order valence-electron chi connectivity index (χ2n) is 8.01. The maximum absolute atomic E-state index is 12.5. The van der Waals surface area contributed by atoms with E-state index in [-0.39, 0.29) is 6.54 Å². The monoisotopic (exact) mass is 435 g/mol. The van der Waals surface area contributed by atoms with Crippen LogP contribution in [0.2, 0.25) is 0 Å². The number of carbonyl (C=O) groups excluding carboxylic acids is 1. The SMILES string of the molecule is Cc1ccc(C)c(N(CC(=O)N/N=C\c2ccc3c4c(cccc24)CC3)S(C)(=O)=O)c1. The molecular formula is C24H25N3O3S. The number of hydrazone groups is 1. The molecule has 1 aliphatic rings. The van der Waals surface area contributed by atoms with Gasteiger partial charge in [0.1, 0.15) is 6.54 Å². The Balaban J connectivity index is 1.53. The molecule has 0 saturated heterocycles. The largest absolute Gasteiger partial charge is 0.271 e. The number of sulfonamides is 1. The summed E-state index contributed by atoms with van der Waals surface area (Å²) in [6.07, 6.45) is 4.80. The Morgan fingerprint density at radius 1 is 1.10 bits per heavy atom. The van der Waals surface area contributed by atoms with Gasteiger partial charge in [-0.3, -0.25) is 9.10 Å². The van der Waals surface area contributed by atoms with Crippen LogP contribution in [0.1, 0.15) is 27.8 Å². The Labute approximate surface area is 182 Å². The van der Waals surface area contributed by atoms with E-state index in [4.69, 9.17) is 0 Å². The van der Waals surface area contributed by atoms with E-state index < -0.39 is 15.9 Å². The summed E-state index contributed by atoms with van der Waals surface area (Å²) < 4.78 is 25.8. The zero-order valence-electron chi connectivity index (χ0n) is 17.8. The van der Waals surface area contributed by atoms with Crippen molar-refractivity contribution >= 4 is 38.6 Å². The topological polar surface area (TPSA) is 78.8 Å². The van der Waals surface area contributed by atoms with Crippen molar-refractivity contribution in [1.82, 2.24) is 5.43 Å². The van der Waals surface area contributed by atoms with E-state index in [1.807, 2.05) is 38.1 Å². The molecule has 0 heterocycles. The molecule has 0 spiro atoms. The first-order chi connectivity index (χ1) is 14.7. The van der Waals surface area contributed by atoms with E-state index in [1.54, 1.807) is 12.3 Å². The van der Waals surface area contributed by atoms with Crippen LogP contribution < -0.4 is 9.73 Å². The Bertz CT molecular complexity index is 1300. The molecule has 0 radical (unpaired) electrons. The first-order valence-corrected chi connectivity index (χ1v) is 12.0. The number of anilines is 1. The normalized spacial score (nSPS) is 13.1. The van der Waals surface area contributed by atoms with E-state index in [0.29, 0.717) is 5.69 Å². The van der Waals surface area contributed by atoms with Crippen molar-refractivity contribution in [2.24, 2.45) is 5.10 Å². The summed E-state index contributed by atoms with van der Waals surface area (Å²) in [7, 11) is -3.64.